The van der Waals surface area contributed by atoms with Crippen LogP contribution < -0.4 is 4.90 Å². The van der Waals surface area contributed by atoms with Gasteiger partial charge in [-0.2, -0.15) is 0 Å². The number of nitrogens with zero attached hydrogens (tertiary/aromatic N) is 3. The largest absolute Gasteiger partial charge is 0.383 e. The van der Waals surface area contributed by atoms with Crippen LogP contribution in [0.4, 0.5) is 10.1 Å². The maximum absolute atomic E-state index is 13.9. The van der Waals surface area contributed by atoms with E-state index in [4.69, 9.17) is 4.74 Å². The molecule has 3 rings (SSSR count). The van der Waals surface area contributed by atoms with Crippen molar-refractivity contribution in [1.82, 2.24) is 9.80 Å². The standard InChI is InChI=1S/C19H26FN3O3/c1-26-13-12-23-14-15(6-7-18(23)24)19(25)22-10-8-21(9-11-22)17-5-3-2-4-16(17)20/h2-5,15H,6-14H2,1H3. The van der Waals surface area contributed by atoms with Crippen molar-refractivity contribution in [3.05, 3.63) is 30.1 Å². The Morgan fingerprint density at radius 1 is 1.23 bits per heavy atom. The molecule has 142 valence electrons. The van der Waals surface area contributed by atoms with Gasteiger partial charge in [-0.1, -0.05) is 12.1 Å². The van der Waals surface area contributed by atoms with E-state index in [0.29, 0.717) is 64.4 Å². The monoisotopic (exact) mass is 363 g/mol. The Labute approximate surface area is 153 Å². The lowest BCUT2D eigenvalue weighted by Gasteiger charge is -2.39. The van der Waals surface area contributed by atoms with Crippen molar-refractivity contribution < 1.29 is 18.7 Å². The molecule has 0 bridgehead atoms. The quantitative estimate of drug-likeness (QED) is 0.793. The minimum Gasteiger partial charge on any atom is -0.383 e. The van der Waals surface area contributed by atoms with E-state index in [2.05, 4.69) is 0 Å². The lowest BCUT2D eigenvalue weighted by molar-refractivity contribution is -0.143. The number of methoxy groups -OCH3 is 1. The van der Waals surface area contributed by atoms with E-state index in [9.17, 15) is 14.0 Å². The number of piperazine rings is 1. The molecule has 0 radical (unpaired) electrons. The van der Waals surface area contributed by atoms with Crippen molar-refractivity contribution in [2.75, 3.05) is 57.9 Å². The summed E-state index contributed by atoms with van der Waals surface area (Å²) in [4.78, 5) is 30.4. The molecule has 0 aliphatic carbocycles. The summed E-state index contributed by atoms with van der Waals surface area (Å²) in [6, 6.07) is 6.73. The number of rotatable bonds is 5. The summed E-state index contributed by atoms with van der Waals surface area (Å²) in [6.07, 6.45) is 1.02. The summed E-state index contributed by atoms with van der Waals surface area (Å²) in [6.45, 7) is 3.87. The molecule has 2 fully saturated rings. The number of para-hydroxylation sites is 1. The summed E-state index contributed by atoms with van der Waals surface area (Å²) < 4.78 is 19.0. The predicted molar refractivity (Wildman–Crippen MR) is 96.4 cm³/mol. The van der Waals surface area contributed by atoms with E-state index < -0.39 is 0 Å². The number of amides is 2. The Kier molecular flexibility index (Phi) is 6.08. The molecule has 2 amide bonds. The molecule has 1 aromatic carbocycles. The van der Waals surface area contributed by atoms with Gasteiger partial charge in [0.05, 0.1) is 18.2 Å². The van der Waals surface area contributed by atoms with Gasteiger partial charge in [0, 0.05) is 52.8 Å². The van der Waals surface area contributed by atoms with Gasteiger partial charge >= 0.3 is 0 Å². The lowest BCUT2D eigenvalue weighted by atomic mass is 9.95. The molecule has 1 unspecified atom stereocenters. The minimum atomic E-state index is -0.230. The van der Waals surface area contributed by atoms with Gasteiger partial charge in [-0.25, -0.2) is 4.39 Å². The molecule has 7 heteroatoms. The zero-order valence-electron chi connectivity index (χ0n) is 15.2. The van der Waals surface area contributed by atoms with Crippen molar-refractivity contribution in [1.29, 1.82) is 0 Å². The summed E-state index contributed by atoms with van der Waals surface area (Å²) in [5.74, 6) is -0.181. The molecular formula is C19H26FN3O3. The van der Waals surface area contributed by atoms with Crippen molar-refractivity contribution in [3.63, 3.8) is 0 Å². The highest BCUT2D eigenvalue weighted by Crippen LogP contribution is 2.23. The van der Waals surface area contributed by atoms with E-state index in [1.165, 1.54) is 6.07 Å². The van der Waals surface area contributed by atoms with Crippen LogP contribution in [0.1, 0.15) is 12.8 Å². The van der Waals surface area contributed by atoms with Crippen LogP contribution in [0, 0.1) is 11.7 Å². The highest BCUT2D eigenvalue weighted by molar-refractivity contribution is 5.84. The van der Waals surface area contributed by atoms with Crippen molar-refractivity contribution in [3.8, 4) is 0 Å². The van der Waals surface area contributed by atoms with Crippen LogP contribution in [-0.2, 0) is 14.3 Å². The zero-order chi connectivity index (χ0) is 18.5. The van der Waals surface area contributed by atoms with Gasteiger partial charge in [0.15, 0.2) is 0 Å². The molecule has 0 N–H and O–H groups in total. The number of hydrogen-bond donors (Lipinski definition) is 0. The second-order valence-electron chi connectivity index (χ2n) is 6.83. The Bertz CT molecular complexity index is 647. The molecule has 2 aliphatic heterocycles. The fraction of sp³-hybridized carbons (Fsp3) is 0.579. The first-order chi connectivity index (χ1) is 12.6. The number of likely N-dealkylation sites (tertiary alicyclic amines) is 1. The number of anilines is 1. The van der Waals surface area contributed by atoms with E-state index in [1.54, 1.807) is 24.1 Å². The third-order valence-corrected chi connectivity index (χ3v) is 5.20. The molecule has 2 saturated heterocycles. The molecule has 0 spiro atoms. The number of ether oxygens (including phenoxy) is 1. The SMILES string of the molecule is COCCN1CC(C(=O)N2CCN(c3ccccc3F)CC2)CCC1=O. The van der Waals surface area contributed by atoms with E-state index >= 15 is 0 Å². The fourth-order valence-electron chi connectivity index (χ4n) is 3.67. The molecule has 2 heterocycles. The molecule has 1 aromatic rings. The van der Waals surface area contributed by atoms with Crippen molar-refractivity contribution >= 4 is 17.5 Å². The Balaban J connectivity index is 1.55. The third kappa shape index (κ3) is 4.15. The first kappa shape index (κ1) is 18.6. The maximum Gasteiger partial charge on any atom is 0.227 e. The van der Waals surface area contributed by atoms with Gasteiger partial charge in [-0.05, 0) is 18.6 Å². The summed E-state index contributed by atoms with van der Waals surface area (Å²) in [5.41, 5.74) is 0.591. The minimum absolute atomic E-state index is 0.0930. The first-order valence-electron chi connectivity index (χ1n) is 9.15. The first-order valence-corrected chi connectivity index (χ1v) is 9.15. The van der Waals surface area contributed by atoms with Crippen LogP contribution in [-0.4, -0.2) is 74.6 Å². The van der Waals surface area contributed by atoms with Crippen LogP contribution in [0.2, 0.25) is 0 Å². The summed E-state index contributed by atoms with van der Waals surface area (Å²) in [7, 11) is 1.60. The van der Waals surface area contributed by atoms with Crippen LogP contribution in [0.25, 0.3) is 0 Å². The number of halogens is 1. The summed E-state index contributed by atoms with van der Waals surface area (Å²) in [5, 5.41) is 0. The molecule has 6 nitrogen and oxygen atoms in total. The van der Waals surface area contributed by atoms with Gasteiger partial charge in [0.2, 0.25) is 11.8 Å². The molecule has 0 aromatic heterocycles. The average Bonchev–Trinajstić information content (AvgIpc) is 2.67. The number of carbonyl (C=O) groups excluding carboxylic acids is 2. The maximum atomic E-state index is 13.9. The Hall–Kier alpha value is -2.15. The van der Waals surface area contributed by atoms with Crippen molar-refractivity contribution in [2.24, 2.45) is 5.92 Å². The van der Waals surface area contributed by atoms with E-state index in [-0.39, 0.29) is 23.5 Å². The van der Waals surface area contributed by atoms with E-state index in [1.807, 2.05) is 15.9 Å². The number of piperidine rings is 1. The van der Waals surface area contributed by atoms with E-state index in [0.717, 1.165) is 0 Å². The number of benzene rings is 1. The van der Waals surface area contributed by atoms with Crippen molar-refractivity contribution in [2.45, 2.75) is 12.8 Å². The summed E-state index contributed by atoms with van der Waals surface area (Å²) >= 11 is 0. The van der Waals surface area contributed by atoms with Crippen LogP contribution >= 0.6 is 0 Å². The second-order valence-corrected chi connectivity index (χ2v) is 6.83. The normalized spacial score (nSPS) is 21.2. The second kappa shape index (κ2) is 8.49. The predicted octanol–water partition coefficient (Wildman–Crippen LogP) is 1.36. The Morgan fingerprint density at radius 2 is 1.96 bits per heavy atom. The Morgan fingerprint density at radius 3 is 2.65 bits per heavy atom. The molecule has 2 aliphatic rings. The zero-order valence-corrected chi connectivity index (χ0v) is 15.2. The van der Waals surface area contributed by atoms with Gasteiger partial charge < -0.3 is 19.4 Å². The highest BCUT2D eigenvalue weighted by Gasteiger charge is 2.33. The van der Waals surface area contributed by atoms with Gasteiger partial charge in [0.1, 0.15) is 5.82 Å². The topological polar surface area (TPSA) is 53.1 Å². The molecule has 1 atom stereocenters. The fourth-order valence-corrected chi connectivity index (χ4v) is 3.67. The third-order valence-electron chi connectivity index (χ3n) is 5.20. The number of carbonyl (C=O) groups is 2. The lowest BCUT2D eigenvalue weighted by Crippen LogP contribution is -2.53. The molecular weight excluding hydrogens is 337 g/mol. The van der Waals surface area contributed by atoms with Crippen LogP contribution in [0.5, 0.6) is 0 Å². The average molecular weight is 363 g/mol. The highest BCUT2D eigenvalue weighted by atomic mass is 19.1. The molecule has 0 saturated carbocycles. The van der Waals surface area contributed by atoms with Gasteiger partial charge in [0.25, 0.3) is 0 Å². The van der Waals surface area contributed by atoms with Crippen LogP contribution in [0.3, 0.4) is 0 Å². The molecule has 26 heavy (non-hydrogen) atoms. The smallest absolute Gasteiger partial charge is 0.227 e. The van der Waals surface area contributed by atoms with Gasteiger partial charge in [-0.3, -0.25) is 9.59 Å². The van der Waals surface area contributed by atoms with Gasteiger partial charge in [-0.15, -0.1) is 0 Å². The van der Waals surface area contributed by atoms with Crippen LogP contribution in [0.15, 0.2) is 24.3 Å². The number of hydrogen-bond acceptors (Lipinski definition) is 4.